The van der Waals surface area contributed by atoms with Crippen LogP contribution < -0.4 is 0 Å². The molecule has 0 radical (unpaired) electrons. The summed E-state index contributed by atoms with van der Waals surface area (Å²) in [7, 11) is 0. The van der Waals surface area contributed by atoms with E-state index in [-0.39, 0.29) is 0 Å². The first-order valence-corrected chi connectivity index (χ1v) is 8.32. The molecular weight excluding hydrogens is 492 g/mol. The van der Waals surface area contributed by atoms with E-state index >= 15 is 0 Å². The normalized spacial score (nSPS) is 16.0. The first-order chi connectivity index (χ1) is 10.1. The van der Waals surface area contributed by atoms with Gasteiger partial charge in [0.2, 0.25) is 5.90 Å². The van der Waals surface area contributed by atoms with Gasteiger partial charge in [-0.3, -0.25) is 0 Å². The third-order valence-corrected chi connectivity index (χ3v) is 4.26. The molecule has 1 aliphatic rings. The lowest BCUT2D eigenvalue weighted by Crippen LogP contribution is -2.05. The van der Waals surface area contributed by atoms with E-state index in [9.17, 15) is 4.79 Å². The number of ether oxygens (including phenoxy) is 1. The quantitative estimate of drug-likeness (QED) is 0.351. The summed E-state index contributed by atoms with van der Waals surface area (Å²) in [4.78, 5) is 16.2. The van der Waals surface area contributed by atoms with Crippen molar-refractivity contribution in [3.8, 4) is 0 Å². The molecule has 0 unspecified atom stereocenters. The molecule has 1 aliphatic heterocycles. The van der Waals surface area contributed by atoms with E-state index in [0.29, 0.717) is 11.6 Å². The molecule has 0 bridgehead atoms. The molecule has 5 heteroatoms. The van der Waals surface area contributed by atoms with Crippen molar-refractivity contribution in [3.05, 3.63) is 72.5 Å². The van der Waals surface area contributed by atoms with Gasteiger partial charge in [0.25, 0.3) is 0 Å². The van der Waals surface area contributed by atoms with Gasteiger partial charge in [0.05, 0.1) is 0 Å². The summed E-state index contributed by atoms with van der Waals surface area (Å²) in [5.74, 6) is -0.0577. The molecule has 21 heavy (non-hydrogen) atoms. The largest absolute Gasteiger partial charge is 0.402 e. The van der Waals surface area contributed by atoms with Gasteiger partial charge in [-0.1, -0.05) is 18.2 Å². The van der Waals surface area contributed by atoms with Crippen molar-refractivity contribution in [3.63, 3.8) is 0 Å². The van der Waals surface area contributed by atoms with Crippen molar-refractivity contribution in [1.29, 1.82) is 0 Å². The SMILES string of the molecule is O=C1OC(c2cccc(I)c2)=N/C1=C/c1ccc(I)cc1. The third kappa shape index (κ3) is 3.52. The minimum absolute atomic E-state index is 0.324. The second-order valence-corrected chi connectivity index (χ2v) is 6.89. The Morgan fingerprint density at radius 3 is 2.48 bits per heavy atom. The average molecular weight is 501 g/mol. The minimum atomic E-state index is -0.414. The molecule has 3 rings (SSSR count). The van der Waals surface area contributed by atoms with Gasteiger partial charge in [0, 0.05) is 12.7 Å². The molecule has 0 atom stereocenters. The summed E-state index contributed by atoms with van der Waals surface area (Å²) in [5.41, 5.74) is 2.06. The lowest BCUT2D eigenvalue weighted by Gasteiger charge is -1.99. The second kappa shape index (κ2) is 6.27. The molecule has 3 nitrogen and oxygen atoms in total. The second-order valence-electron chi connectivity index (χ2n) is 4.40. The summed E-state index contributed by atoms with van der Waals surface area (Å²) in [6.45, 7) is 0. The Morgan fingerprint density at radius 1 is 1.00 bits per heavy atom. The number of nitrogens with zero attached hydrogens (tertiary/aromatic N) is 1. The molecule has 0 fully saturated rings. The van der Waals surface area contributed by atoms with E-state index in [1.807, 2.05) is 48.5 Å². The number of cyclic esters (lactones) is 1. The van der Waals surface area contributed by atoms with Gasteiger partial charge in [-0.25, -0.2) is 9.79 Å². The van der Waals surface area contributed by atoms with Gasteiger partial charge >= 0.3 is 5.97 Å². The Balaban J connectivity index is 1.93. The highest BCUT2D eigenvalue weighted by Crippen LogP contribution is 2.20. The maximum atomic E-state index is 11.9. The molecule has 0 saturated carbocycles. The van der Waals surface area contributed by atoms with Gasteiger partial charge in [-0.15, -0.1) is 0 Å². The number of rotatable bonds is 2. The van der Waals surface area contributed by atoms with Gasteiger partial charge in [0.1, 0.15) is 0 Å². The zero-order valence-corrected chi connectivity index (χ0v) is 15.0. The van der Waals surface area contributed by atoms with E-state index in [1.54, 1.807) is 6.08 Å². The van der Waals surface area contributed by atoms with Gasteiger partial charge < -0.3 is 4.74 Å². The van der Waals surface area contributed by atoms with Crippen LogP contribution in [-0.2, 0) is 9.53 Å². The van der Waals surface area contributed by atoms with Gasteiger partial charge in [-0.2, -0.15) is 0 Å². The number of carbonyl (C=O) groups excluding carboxylic acids is 1. The highest BCUT2D eigenvalue weighted by molar-refractivity contribution is 14.1. The Labute approximate surface area is 149 Å². The van der Waals surface area contributed by atoms with E-state index in [4.69, 9.17) is 4.74 Å². The zero-order valence-electron chi connectivity index (χ0n) is 10.7. The maximum Gasteiger partial charge on any atom is 0.363 e. The fourth-order valence-electron chi connectivity index (χ4n) is 1.87. The van der Waals surface area contributed by atoms with Crippen molar-refractivity contribution in [2.45, 2.75) is 0 Å². The van der Waals surface area contributed by atoms with Crippen LogP contribution in [0.5, 0.6) is 0 Å². The average Bonchev–Trinajstić information content (AvgIpc) is 2.83. The molecule has 1 heterocycles. The van der Waals surface area contributed by atoms with Crippen molar-refractivity contribution in [2.75, 3.05) is 0 Å². The topological polar surface area (TPSA) is 38.7 Å². The van der Waals surface area contributed by atoms with Gasteiger partial charge in [-0.05, 0) is 87.2 Å². The molecule has 0 aromatic heterocycles. The van der Waals surface area contributed by atoms with Crippen LogP contribution in [0.25, 0.3) is 6.08 Å². The Bertz CT molecular complexity index is 764. The lowest BCUT2D eigenvalue weighted by molar-refractivity contribution is -0.129. The lowest BCUT2D eigenvalue weighted by atomic mass is 10.2. The van der Waals surface area contributed by atoms with E-state index in [2.05, 4.69) is 50.2 Å². The predicted octanol–water partition coefficient (Wildman–Crippen LogP) is 4.24. The fourth-order valence-corrected chi connectivity index (χ4v) is 2.77. The van der Waals surface area contributed by atoms with Crippen LogP contribution in [0.15, 0.2) is 59.2 Å². The van der Waals surface area contributed by atoms with Gasteiger partial charge in [0.15, 0.2) is 5.70 Å². The zero-order chi connectivity index (χ0) is 14.8. The summed E-state index contributed by atoms with van der Waals surface area (Å²) >= 11 is 4.45. The third-order valence-electron chi connectivity index (χ3n) is 2.87. The monoisotopic (exact) mass is 501 g/mol. The van der Waals surface area contributed by atoms with Crippen LogP contribution >= 0.6 is 45.2 Å². The van der Waals surface area contributed by atoms with Crippen LogP contribution in [0.1, 0.15) is 11.1 Å². The number of aliphatic imine (C=N–C) groups is 1. The van der Waals surface area contributed by atoms with Crippen molar-refractivity contribution >= 4 is 63.1 Å². The maximum absolute atomic E-state index is 11.9. The van der Waals surface area contributed by atoms with Crippen LogP contribution in [-0.4, -0.2) is 11.9 Å². The van der Waals surface area contributed by atoms with Crippen molar-refractivity contribution in [2.24, 2.45) is 4.99 Å². The van der Waals surface area contributed by atoms with Crippen molar-refractivity contribution in [1.82, 2.24) is 0 Å². The van der Waals surface area contributed by atoms with Crippen molar-refractivity contribution < 1.29 is 9.53 Å². The summed E-state index contributed by atoms with van der Waals surface area (Å²) < 4.78 is 7.46. The van der Waals surface area contributed by atoms with Crippen LogP contribution in [0.3, 0.4) is 0 Å². The molecule has 104 valence electrons. The Kier molecular flexibility index (Phi) is 4.39. The number of hydrogen-bond acceptors (Lipinski definition) is 3. The molecule has 0 N–H and O–H groups in total. The van der Waals surface area contributed by atoms with E-state index in [0.717, 1.165) is 18.3 Å². The number of halogens is 2. The van der Waals surface area contributed by atoms with Crippen LogP contribution in [0, 0.1) is 7.14 Å². The first kappa shape index (κ1) is 14.7. The highest BCUT2D eigenvalue weighted by Gasteiger charge is 2.24. The molecular formula is C16H9I2NO2. The van der Waals surface area contributed by atoms with Crippen LogP contribution in [0.4, 0.5) is 0 Å². The Hall–Kier alpha value is -1.22. The molecule has 0 amide bonds. The standard InChI is InChI=1S/C16H9I2NO2/c17-12-6-4-10(5-7-12)8-14-16(20)21-15(19-14)11-2-1-3-13(18)9-11/h1-9H/b14-8+. The Morgan fingerprint density at radius 2 is 1.76 bits per heavy atom. The fraction of sp³-hybridized carbons (Fsp3) is 0. The predicted molar refractivity (Wildman–Crippen MR) is 98.9 cm³/mol. The smallest absolute Gasteiger partial charge is 0.363 e. The van der Waals surface area contributed by atoms with E-state index < -0.39 is 5.97 Å². The minimum Gasteiger partial charge on any atom is -0.402 e. The summed E-state index contributed by atoms with van der Waals surface area (Å²) in [5, 5.41) is 0. The summed E-state index contributed by atoms with van der Waals surface area (Å²) in [6, 6.07) is 15.6. The molecule has 2 aromatic carbocycles. The first-order valence-electron chi connectivity index (χ1n) is 6.16. The molecule has 0 aliphatic carbocycles. The number of hydrogen-bond donors (Lipinski definition) is 0. The number of benzene rings is 2. The highest BCUT2D eigenvalue weighted by atomic mass is 127. The number of carbonyl (C=O) groups is 1. The molecule has 0 spiro atoms. The molecule has 0 saturated heterocycles. The van der Waals surface area contributed by atoms with E-state index in [1.165, 1.54) is 0 Å². The molecule has 2 aromatic rings. The summed E-state index contributed by atoms with van der Waals surface area (Å²) in [6.07, 6.45) is 1.74. The van der Waals surface area contributed by atoms with Crippen LogP contribution in [0.2, 0.25) is 0 Å². The number of esters is 1.